The van der Waals surface area contributed by atoms with Crippen LogP contribution in [0.1, 0.15) is 23.4 Å². The van der Waals surface area contributed by atoms with Crippen LogP contribution in [0.2, 0.25) is 5.22 Å². The molecule has 6 heteroatoms. The first-order valence-electron chi connectivity index (χ1n) is 4.73. The summed E-state index contributed by atoms with van der Waals surface area (Å²) in [7, 11) is 1.58. The summed E-state index contributed by atoms with van der Waals surface area (Å²) in [5, 5.41) is 8.60. The summed E-state index contributed by atoms with van der Waals surface area (Å²) in [6, 6.07) is 2.97. The van der Waals surface area contributed by atoms with Crippen molar-refractivity contribution in [1.29, 1.82) is 0 Å². The van der Waals surface area contributed by atoms with Crippen molar-refractivity contribution in [3.63, 3.8) is 0 Å². The van der Waals surface area contributed by atoms with Crippen molar-refractivity contribution in [3.05, 3.63) is 23.1 Å². The number of halogens is 1. The van der Waals surface area contributed by atoms with Crippen molar-refractivity contribution >= 4 is 23.5 Å². The Hall–Kier alpha value is -1.49. The van der Waals surface area contributed by atoms with E-state index < -0.39 is 5.97 Å². The van der Waals surface area contributed by atoms with Gasteiger partial charge < -0.3 is 14.4 Å². The first-order chi connectivity index (χ1) is 7.50. The highest BCUT2D eigenvalue weighted by Gasteiger charge is 2.15. The van der Waals surface area contributed by atoms with Crippen LogP contribution in [0.15, 0.2) is 16.5 Å². The van der Waals surface area contributed by atoms with Crippen LogP contribution < -0.4 is 0 Å². The first-order valence-corrected chi connectivity index (χ1v) is 5.11. The predicted molar refractivity (Wildman–Crippen MR) is 57.5 cm³/mol. The number of rotatable bonds is 5. The maximum absolute atomic E-state index is 11.7. The van der Waals surface area contributed by atoms with E-state index >= 15 is 0 Å². The number of furan rings is 1. The molecule has 1 rings (SSSR count). The number of nitrogens with zero attached hydrogens (tertiary/aromatic N) is 1. The van der Waals surface area contributed by atoms with E-state index in [4.69, 9.17) is 21.1 Å². The third-order valence-electron chi connectivity index (χ3n) is 2.01. The van der Waals surface area contributed by atoms with Crippen LogP contribution in [0, 0.1) is 0 Å². The first kappa shape index (κ1) is 12.6. The molecule has 0 fully saturated rings. The Labute approximate surface area is 97.6 Å². The summed E-state index contributed by atoms with van der Waals surface area (Å²) >= 11 is 5.54. The van der Waals surface area contributed by atoms with Crippen molar-refractivity contribution < 1.29 is 19.1 Å². The van der Waals surface area contributed by atoms with Gasteiger partial charge in [-0.3, -0.25) is 9.59 Å². The van der Waals surface area contributed by atoms with Gasteiger partial charge in [0.25, 0.3) is 5.91 Å². The molecular formula is C10H12ClNO4. The topological polar surface area (TPSA) is 70.8 Å². The molecule has 0 atom stereocenters. The van der Waals surface area contributed by atoms with Crippen LogP contribution in [0.3, 0.4) is 0 Å². The molecule has 0 saturated carbocycles. The second kappa shape index (κ2) is 5.55. The summed E-state index contributed by atoms with van der Waals surface area (Å²) in [5.41, 5.74) is 0. The number of aliphatic carboxylic acids is 1. The molecule has 1 N–H and O–H groups in total. The lowest BCUT2D eigenvalue weighted by Gasteiger charge is -2.14. The Bertz CT molecular complexity index is 388. The Morgan fingerprint density at radius 3 is 2.69 bits per heavy atom. The van der Waals surface area contributed by atoms with Crippen molar-refractivity contribution in [2.45, 2.75) is 12.8 Å². The molecule has 1 heterocycles. The van der Waals surface area contributed by atoms with Crippen molar-refractivity contribution in [3.8, 4) is 0 Å². The molecule has 0 aliphatic carbocycles. The van der Waals surface area contributed by atoms with Crippen LogP contribution in [0.5, 0.6) is 0 Å². The van der Waals surface area contributed by atoms with E-state index in [1.807, 2.05) is 0 Å². The predicted octanol–water partition coefficient (Wildman–Crippen LogP) is 1.87. The minimum Gasteiger partial charge on any atom is -0.481 e. The number of carbonyl (C=O) groups is 2. The minimum absolute atomic E-state index is 0.0382. The highest BCUT2D eigenvalue weighted by atomic mass is 35.5. The van der Waals surface area contributed by atoms with Gasteiger partial charge in [-0.05, 0) is 30.2 Å². The highest BCUT2D eigenvalue weighted by molar-refractivity contribution is 6.29. The molecule has 1 aromatic heterocycles. The number of carbonyl (C=O) groups excluding carboxylic acids is 1. The molecule has 0 aliphatic heterocycles. The smallest absolute Gasteiger partial charge is 0.303 e. The minimum atomic E-state index is -0.873. The Balaban J connectivity index is 2.45. The van der Waals surface area contributed by atoms with Gasteiger partial charge in [0.15, 0.2) is 11.0 Å². The van der Waals surface area contributed by atoms with E-state index in [0.29, 0.717) is 13.0 Å². The molecule has 16 heavy (non-hydrogen) atoms. The van der Waals surface area contributed by atoms with Gasteiger partial charge in [0.2, 0.25) is 0 Å². The van der Waals surface area contributed by atoms with Gasteiger partial charge in [-0.25, -0.2) is 0 Å². The van der Waals surface area contributed by atoms with Gasteiger partial charge >= 0.3 is 5.97 Å². The zero-order valence-corrected chi connectivity index (χ0v) is 9.53. The molecule has 0 aromatic carbocycles. The molecule has 0 radical (unpaired) electrons. The molecule has 88 valence electrons. The third-order valence-corrected chi connectivity index (χ3v) is 2.22. The molecule has 5 nitrogen and oxygen atoms in total. The third kappa shape index (κ3) is 3.58. The van der Waals surface area contributed by atoms with Crippen LogP contribution >= 0.6 is 11.6 Å². The summed E-state index contributed by atoms with van der Waals surface area (Å²) in [6.07, 6.45) is 0.447. The summed E-state index contributed by atoms with van der Waals surface area (Å²) in [4.78, 5) is 23.3. The molecule has 0 aliphatic rings. The van der Waals surface area contributed by atoms with Crippen molar-refractivity contribution in [2.24, 2.45) is 0 Å². The summed E-state index contributed by atoms with van der Waals surface area (Å²) < 4.78 is 4.95. The fourth-order valence-electron chi connectivity index (χ4n) is 1.19. The molecule has 1 amide bonds. The van der Waals surface area contributed by atoms with E-state index in [0.717, 1.165) is 0 Å². The van der Waals surface area contributed by atoms with Gasteiger partial charge in [-0.1, -0.05) is 0 Å². The Kier molecular flexibility index (Phi) is 4.37. The summed E-state index contributed by atoms with van der Waals surface area (Å²) in [5.74, 6) is -1.03. The largest absolute Gasteiger partial charge is 0.481 e. The molecule has 0 saturated heterocycles. The summed E-state index contributed by atoms with van der Waals surface area (Å²) in [6.45, 7) is 0.365. The molecule has 0 unspecified atom stereocenters. The maximum Gasteiger partial charge on any atom is 0.303 e. The zero-order chi connectivity index (χ0) is 12.1. The fraction of sp³-hybridized carbons (Fsp3) is 0.400. The molecular weight excluding hydrogens is 234 g/mol. The Morgan fingerprint density at radius 1 is 1.50 bits per heavy atom. The maximum atomic E-state index is 11.7. The fourth-order valence-corrected chi connectivity index (χ4v) is 1.33. The second-order valence-corrected chi connectivity index (χ2v) is 3.70. The molecule has 1 aromatic rings. The van der Waals surface area contributed by atoms with E-state index in [1.165, 1.54) is 17.0 Å². The van der Waals surface area contributed by atoms with Gasteiger partial charge in [0, 0.05) is 20.0 Å². The van der Waals surface area contributed by atoms with Crippen LogP contribution in [0.25, 0.3) is 0 Å². The number of carboxylic acids is 1. The lowest BCUT2D eigenvalue weighted by atomic mass is 10.3. The highest BCUT2D eigenvalue weighted by Crippen LogP contribution is 2.14. The van der Waals surface area contributed by atoms with Crippen LogP contribution in [-0.2, 0) is 4.79 Å². The quantitative estimate of drug-likeness (QED) is 0.860. The lowest BCUT2D eigenvalue weighted by Crippen LogP contribution is -2.27. The number of hydrogen-bond acceptors (Lipinski definition) is 3. The van der Waals surface area contributed by atoms with Gasteiger partial charge in [-0.15, -0.1) is 0 Å². The standard InChI is InChI=1S/C10H12ClNO4/c1-12(6-2-3-9(13)14)10(15)7-4-5-8(11)16-7/h4-5H,2-3,6H2,1H3,(H,13,14). The van der Waals surface area contributed by atoms with E-state index in [-0.39, 0.29) is 23.3 Å². The number of hydrogen-bond donors (Lipinski definition) is 1. The molecule has 0 bridgehead atoms. The average Bonchev–Trinajstić information content (AvgIpc) is 2.63. The molecule has 0 spiro atoms. The van der Waals surface area contributed by atoms with Crippen molar-refractivity contribution in [2.75, 3.05) is 13.6 Å². The number of amides is 1. The van der Waals surface area contributed by atoms with Crippen LogP contribution in [-0.4, -0.2) is 35.5 Å². The van der Waals surface area contributed by atoms with Crippen LogP contribution in [0.4, 0.5) is 0 Å². The Morgan fingerprint density at radius 2 is 2.19 bits per heavy atom. The number of carboxylic acid groups (broad SMARTS) is 1. The van der Waals surface area contributed by atoms with E-state index in [9.17, 15) is 9.59 Å². The average molecular weight is 246 g/mol. The van der Waals surface area contributed by atoms with Gasteiger partial charge in [-0.2, -0.15) is 0 Å². The van der Waals surface area contributed by atoms with E-state index in [2.05, 4.69) is 0 Å². The lowest BCUT2D eigenvalue weighted by molar-refractivity contribution is -0.137. The van der Waals surface area contributed by atoms with Crippen molar-refractivity contribution in [1.82, 2.24) is 4.90 Å². The monoisotopic (exact) mass is 245 g/mol. The zero-order valence-electron chi connectivity index (χ0n) is 8.77. The normalized spacial score (nSPS) is 10.1. The van der Waals surface area contributed by atoms with E-state index in [1.54, 1.807) is 7.05 Å². The van der Waals surface area contributed by atoms with Gasteiger partial charge in [0.1, 0.15) is 0 Å². The second-order valence-electron chi connectivity index (χ2n) is 3.33. The van der Waals surface area contributed by atoms with Gasteiger partial charge in [0.05, 0.1) is 0 Å². The SMILES string of the molecule is CN(CCCC(=O)O)C(=O)c1ccc(Cl)o1.